The number of halogens is 2. The first kappa shape index (κ1) is 15.0. The van der Waals surface area contributed by atoms with Gasteiger partial charge in [0, 0.05) is 11.1 Å². The summed E-state index contributed by atoms with van der Waals surface area (Å²) in [5, 5.41) is 0.683. The van der Waals surface area contributed by atoms with Crippen LogP contribution in [0.15, 0.2) is 59.0 Å². The third-order valence-electron chi connectivity index (χ3n) is 3.96. The second-order valence-electron chi connectivity index (χ2n) is 5.66. The largest absolute Gasteiger partial charge is 0.458 e. The van der Waals surface area contributed by atoms with Crippen LogP contribution in [0.5, 0.6) is 0 Å². The van der Waals surface area contributed by atoms with Gasteiger partial charge in [-0.25, -0.2) is 9.37 Å². The highest BCUT2D eigenvalue weighted by atomic mass is 35.5. The lowest BCUT2D eigenvalue weighted by molar-refractivity contribution is 0.540. The molecule has 0 saturated heterocycles. The van der Waals surface area contributed by atoms with Crippen molar-refractivity contribution in [2.24, 2.45) is 0 Å². The van der Waals surface area contributed by atoms with Gasteiger partial charge in [-0.15, -0.1) is 0 Å². The Morgan fingerprint density at radius 1 is 1.12 bits per heavy atom. The van der Waals surface area contributed by atoms with Crippen LogP contribution in [-0.2, 0) is 6.54 Å². The molecule has 4 rings (SSSR count). The zero-order valence-electron chi connectivity index (χ0n) is 13.0. The van der Waals surface area contributed by atoms with Gasteiger partial charge >= 0.3 is 0 Å². The second-order valence-corrected chi connectivity index (χ2v) is 6.06. The maximum atomic E-state index is 13.6. The number of fused-ring (bicyclic) bond motifs is 1. The average Bonchev–Trinajstić information content (AvgIpc) is 3.13. The molecule has 2 aromatic carbocycles. The molecular weight excluding hydrogens is 327 g/mol. The Morgan fingerprint density at radius 3 is 2.71 bits per heavy atom. The fraction of sp³-hybridized carbons (Fsp3) is 0.105. The number of furan rings is 1. The van der Waals surface area contributed by atoms with Gasteiger partial charge in [0.2, 0.25) is 0 Å². The maximum absolute atomic E-state index is 13.6. The summed E-state index contributed by atoms with van der Waals surface area (Å²) in [6.45, 7) is 2.40. The highest BCUT2D eigenvalue weighted by Crippen LogP contribution is 2.29. The van der Waals surface area contributed by atoms with E-state index in [0.29, 0.717) is 28.7 Å². The normalized spacial score (nSPS) is 11.3. The SMILES string of the molecule is Cc1ccc(-c2nc3cc(F)ccc3n2Cc2ccccc2Cl)o1. The Hall–Kier alpha value is -2.59. The molecule has 0 atom stereocenters. The van der Waals surface area contributed by atoms with Crippen molar-refractivity contribution in [1.29, 1.82) is 0 Å². The summed E-state index contributed by atoms with van der Waals surface area (Å²) in [7, 11) is 0. The van der Waals surface area contributed by atoms with E-state index in [4.69, 9.17) is 16.0 Å². The summed E-state index contributed by atoms with van der Waals surface area (Å²) in [5.41, 5.74) is 2.39. The summed E-state index contributed by atoms with van der Waals surface area (Å²) in [6, 6.07) is 16.0. The van der Waals surface area contributed by atoms with E-state index in [1.807, 2.05) is 47.9 Å². The molecule has 24 heavy (non-hydrogen) atoms. The number of benzene rings is 2. The van der Waals surface area contributed by atoms with Crippen LogP contribution in [-0.4, -0.2) is 9.55 Å². The standard InChI is InChI=1S/C19H14ClFN2O/c1-12-6-9-18(24-12)19-22-16-10-14(21)7-8-17(16)23(19)11-13-4-2-3-5-15(13)20/h2-10H,11H2,1H3. The average molecular weight is 341 g/mol. The van der Waals surface area contributed by atoms with Gasteiger partial charge in [-0.1, -0.05) is 29.8 Å². The molecule has 0 aliphatic carbocycles. The number of aromatic nitrogens is 2. The monoisotopic (exact) mass is 340 g/mol. The summed E-state index contributed by atoms with van der Waals surface area (Å²) in [6.07, 6.45) is 0. The van der Waals surface area contributed by atoms with Gasteiger partial charge in [0.05, 0.1) is 17.6 Å². The van der Waals surface area contributed by atoms with E-state index in [-0.39, 0.29) is 5.82 Å². The lowest BCUT2D eigenvalue weighted by Gasteiger charge is -2.09. The van der Waals surface area contributed by atoms with Crippen molar-refractivity contribution >= 4 is 22.6 Å². The van der Waals surface area contributed by atoms with Gasteiger partial charge in [0.25, 0.3) is 0 Å². The summed E-state index contributed by atoms with van der Waals surface area (Å²) in [4.78, 5) is 4.57. The number of aryl methyl sites for hydroxylation is 1. The Labute approximate surface area is 143 Å². The van der Waals surface area contributed by atoms with Crippen LogP contribution in [0.1, 0.15) is 11.3 Å². The Morgan fingerprint density at radius 2 is 1.96 bits per heavy atom. The van der Waals surface area contributed by atoms with Crippen LogP contribution in [0.2, 0.25) is 5.02 Å². The molecule has 0 aliphatic heterocycles. The van der Waals surface area contributed by atoms with Crippen LogP contribution in [0.3, 0.4) is 0 Å². The quantitative estimate of drug-likeness (QED) is 0.497. The van der Waals surface area contributed by atoms with Gasteiger partial charge < -0.3 is 8.98 Å². The van der Waals surface area contributed by atoms with E-state index in [1.165, 1.54) is 12.1 Å². The summed E-state index contributed by atoms with van der Waals surface area (Å²) < 4.78 is 21.3. The fourth-order valence-corrected chi connectivity index (χ4v) is 3.00. The van der Waals surface area contributed by atoms with Crippen LogP contribution < -0.4 is 0 Å². The molecule has 0 radical (unpaired) electrons. The summed E-state index contributed by atoms with van der Waals surface area (Å²) >= 11 is 6.30. The van der Waals surface area contributed by atoms with Gasteiger partial charge in [0.1, 0.15) is 11.6 Å². The fourth-order valence-electron chi connectivity index (χ4n) is 2.80. The van der Waals surface area contributed by atoms with Crippen molar-refractivity contribution in [1.82, 2.24) is 9.55 Å². The van der Waals surface area contributed by atoms with E-state index < -0.39 is 0 Å². The minimum Gasteiger partial charge on any atom is -0.458 e. The molecule has 2 aromatic heterocycles. The highest BCUT2D eigenvalue weighted by molar-refractivity contribution is 6.31. The van der Waals surface area contributed by atoms with Crippen molar-refractivity contribution in [2.45, 2.75) is 13.5 Å². The first-order valence-corrected chi connectivity index (χ1v) is 7.95. The molecule has 120 valence electrons. The molecular formula is C19H14ClFN2O. The number of hydrogen-bond donors (Lipinski definition) is 0. The number of imidazole rings is 1. The van der Waals surface area contributed by atoms with Crippen LogP contribution in [0.4, 0.5) is 4.39 Å². The topological polar surface area (TPSA) is 31.0 Å². The predicted octanol–water partition coefficient (Wildman–Crippen LogP) is 5.45. The van der Waals surface area contributed by atoms with Crippen molar-refractivity contribution in [3.63, 3.8) is 0 Å². The highest BCUT2D eigenvalue weighted by Gasteiger charge is 2.17. The van der Waals surface area contributed by atoms with Gasteiger partial charge in [-0.05, 0) is 42.8 Å². The second kappa shape index (κ2) is 5.80. The van der Waals surface area contributed by atoms with Crippen LogP contribution >= 0.6 is 11.6 Å². The lowest BCUT2D eigenvalue weighted by Crippen LogP contribution is -2.02. The van der Waals surface area contributed by atoms with Crippen molar-refractivity contribution in [3.05, 3.63) is 76.8 Å². The molecule has 0 spiro atoms. The van der Waals surface area contributed by atoms with Gasteiger partial charge in [-0.3, -0.25) is 0 Å². The van der Waals surface area contributed by atoms with E-state index >= 15 is 0 Å². The van der Waals surface area contributed by atoms with Crippen molar-refractivity contribution in [3.8, 4) is 11.6 Å². The summed E-state index contributed by atoms with van der Waals surface area (Å²) in [5.74, 6) is 1.79. The van der Waals surface area contributed by atoms with Gasteiger partial charge in [-0.2, -0.15) is 0 Å². The molecule has 0 amide bonds. The van der Waals surface area contributed by atoms with Crippen LogP contribution in [0.25, 0.3) is 22.6 Å². The molecule has 0 aliphatic rings. The third-order valence-corrected chi connectivity index (χ3v) is 4.33. The molecule has 5 heteroatoms. The zero-order valence-corrected chi connectivity index (χ0v) is 13.7. The molecule has 2 heterocycles. The minimum atomic E-state index is -0.313. The molecule has 0 fully saturated rings. The third kappa shape index (κ3) is 2.59. The van der Waals surface area contributed by atoms with E-state index in [9.17, 15) is 4.39 Å². The van der Waals surface area contributed by atoms with Crippen molar-refractivity contribution < 1.29 is 8.81 Å². The predicted molar refractivity (Wildman–Crippen MR) is 92.7 cm³/mol. The Balaban J connectivity index is 1.92. The molecule has 0 unspecified atom stereocenters. The molecule has 0 bridgehead atoms. The van der Waals surface area contributed by atoms with E-state index in [1.54, 1.807) is 6.07 Å². The van der Waals surface area contributed by atoms with E-state index in [0.717, 1.165) is 16.8 Å². The molecule has 4 aromatic rings. The Bertz CT molecular complexity index is 1030. The minimum absolute atomic E-state index is 0.313. The van der Waals surface area contributed by atoms with Crippen molar-refractivity contribution in [2.75, 3.05) is 0 Å². The molecule has 0 saturated carbocycles. The Kier molecular flexibility index (Phi) is 3.62. The number of nitrogens with zero attached hydrogens (tertiary/aromatic N) is 2. The number of rotatable bonds is 3. The molecule has 0 N–H and O–H groups in total. The first-order valence-electron chi connectivity index (χ1n) is 7.58. The first-order chi connectivity index (χ1) is 11.6. The van der Waals surface area contributed by atoms with Crippen LogP contribution in [0, 0.1) is 12.7 Å². The zero-order chi connectivity index (χ0) is 16.7. The lowest BCUT2D eigenvalue weighted by atomic mass is 10.2. The van der Waals surface area contributed by atoms with Gasteiger partial charge in [0.15, 0.2) is 11.6 Å². The molecule has 3 nitrogen and oxygen atoms in total. The number of hydrogen-bond acceptors (Lipinski definition) is 2. The smallest absolute Gasteiger partial charge is 0.177 e. The van der Waals surface area contributed by atoms with E-state index in [2.05, 4.69) is 4.98 Å². The maximum Gasteiger partial charge on any atom is 0.177 e.